The van der Waals surface area contributed by atoms with Crippen LogP contribution in [-0.2, 0) is 19.6 Å². The highest BCUT2D eigenvalue weighted by Crippen LogP contribution is 2.30. The zero-order valence-corrected chi connectivity index (χ0v) is 13.9. The van der Waals surface area contributed by atoms with E-state index in [4.69, 9.17) is 0 Å². The van der Waals surface area contributed by atoms with Crippen LogP contribution in [0.2, 0.25) is 0 Å². The van der Waals surface area contributed by atoms with Crippen LogP contribution < -0.4 is 4.72 Å². The monoisotopic (exact) mass is 371 g/mol. The average Bonchev–Trinajstić information content (AvgIpc) is 2.48. The van der Waals surface area contributed by atoms with E-state index < -0.39 is 21.2 Å². The van der Waals surface area contributed by atoms with Crippen LogP contribution in [0.25, 0.3) is 10.8 Å². The molecule has 0 radical (unpaired) electrons. The fraction of sp³-hybridized carbons (Fsp3) is 0.214. The molecule has 0 aromatic heterocycles. The highest BCUT2D eigenvalue weighted by Gasteiger charge is 2.29. The number of esters is 1. The van der Waals surface area contributed by atoms with Gasteiger partial charge in [-0.25, -0.2) is 8.42 Å². The Morgan fingerprint density at radius 3 is 2.43 bits per heavy atom. The number of fused-ring (bicyclic) bond motifs is 1. The van der Waals surface area contributed by atoms with Crippen molar-refractivity contribution in [1.82, 2.24) is 0 Å². The molecule has 0 aliphatic carbocycles. The van der Waals surface area contributed by atoms with Crippen molar-refractivity contribution in [2.75, 3.05) is 11.8 Å². The largest absolute Gasteiger partial charge is 0.468 e. The number of ether oxygens (including phenoxy) is 1. The Kier molecular flexibility index (Phi) is 4.53. The van der Waals surface area contributed by atoms with Crippen LogP contribution in [0.3, 0.4) is 0 Å². The second-order valence-corrected chi connectivity index (χ2v) is 7.31. The van der Waals surface area contributed by atoms with Gasteiger partial charge in [0.1, 0.15) is 0 Å². The van der Waals surface area contributed by atoms with E-state index in [9.17, 15) is 13.2 Å². The van der Waals surface area contributed by atoms with E-state index in [1.54, 1.807) is 18.2 Å². The topological polar surface area (TPSA) is 72.5 Å². The van der Waals surface area contributed by atoms with E-state index in [1.807, 2.05) is 18.2 Å². The van der Waals surface area contributed by atoms with Crippen LogP contribution in [0.4, 0.5) is 5.69 Å². The maximum atomic E-state index is 12.2. The Labute approximate surface area is 131 Å². The van der Waals surface area contributed by atoms with E-state index in [-0.39, 0.29) is 0 Å². The minimum Gasteiger partial charge on any atom is -0.468 e. The van der Waals surface area contributed by atoms with Crippen molar-refractivity contribution in [2.45, 2.75) is 12.2 Å². The molecule has 0 bridgehead atoms. The van der Waals surface area contributed by atoms with Crippen molar-refractivity contribution in [1.29, 1.82) is 0 Å². The summed E-state index contributed by atoms with van der Waals surface area (Å²) in [5.41, 5.74) is 0.421. The van der Waals surface area contributed by atoms with Gasteiger partial charge in [0.15, 0.2) is 5.25 Å². The van der Waals surface area contributed by atoms with Crippen molar-refractivity contribution in [3.63, 3.8) is 0 Å². The first-order valence-corrected chi connectivity index (χ1v) is 8.47. The molecular weight excluding hydrogens is 358 g/mol. The van der Waals surface area contributed by atoms with E-state index in [2.05, 4.69) is 25.4 Å². The fourth-order valence-electron chi connectivity index (χ4n) is 1.89. The molecule has 2 aromatic carbocycles. The Morgan fingerprint density at radius 2 is 1.81 bits per heavy atom. The molecule has 0 fully saturated rings. The first-order valence-electron chi connectivity index (χ1n) is 6.13. The van der Waals surface area contributed by atoms with Crippen molar-refractivity contribution in [3.8, 4) is 0 Å². The summed E-state index contributed by atoms with van der Waals surface area (Å²) in [6, 6.07) is 10.8. The van der Waals surface area contributed by atoms with Crippen LogP contribution in [0.5, 0.6) is 0 Å². The lowest BCUT2D eigenvalue weighted by atomic mass is 10.1. The van der Waals surface area contributed by atoms with Gasteiger partial charge in [0.25, 0.3) is 0 Å². The van der Waals surface area contributed by atoms with E-state index in [0.29, 0.717) is 5.69 Å². The summed E-state index contributed by atoms with van der Waals surface area (Å²) in [5.74, 6) is -0.802. The standard InChI is InChI=1S/C14H14BrNO4S/c1-9(14(17)20-2)21(18,19)16-13-8-7-12(15)10-5-3-4-6-11(10)13/h3-9,16H,1-2H3. The van der Waals surface area contributed by atoms with Gasteiger partial charge in [0.05, 0.1) is 12.8 Å². The van der Waals surface area contributed by atoms with Gasteiger partial charge in [0.2, 0.25) is 10.0 Å². The molecule has 112 valence electrons. The summed E-state index contributed by atoms with van der Waals surface area (Å²) >= 11 is 3.42. The van der Waals surface area contributed by atoms with Gasteiger partial charge in [-0.05, 0) is 24.4 Å². The number of sulfonamides is 1. The zero-order valence-electron chi connectivity index (χ0n) is 11.5. The first-order chi connectivity index (χ1) is 9.86. The van der Waals surface area contributed by atoms with Gasteiger partial charge < -0.3 is 4.74 Å². The number of benzene rings is 2. The number of hydrogen-bond donors (Lipinski definition) is 1. The Morgan fingerprint density at radius 1 is 1.19 bits per heavy atom. The van der Waals surface area contributed by atoms with Crippen molar-refractivity contribution < 1.29 is 17.9 Å². The molecule has 0 heterocycles. The predicted molar refractivity (Wildman–Crippen MR) is 85.7 cm³/mol. The minimum absolute atomic E-state index is 0.421. The average molecular weight is 372 g/mol. The highest BCUT2D eigenvalue weighted by molar-refractivity contribution is 9.10. The summed E-state index contributed by atoms with van der Waals surface area (Å²) in [6.07, 6.45) is 0. The maximum absolute atomic E-state index is 12.2. The number of carbonyl (C=O) groups excluding carboxylic acids is 1. The molecule has 1 unspecified atom stereocenters. The third-order valence-corrected chi connectivity index (χ3v) is 5.44. The molecule has 0 aliphatic heterocycles. The molecule has 2 aromatic rings. The number of anilines is 1. The molecule has 1 N–H and O–H groups in total. The van der Waals surface area contributed by atoms with Crippen molar-refractivity contribution >= 4 is 48.4 Å². The van der Waals surface area contributed by atoms with Gasteiger partial charge in [-0.3, -0.25) is 9.52 Å². The lowest BCUT2D eigenvalue weighted by Gasteiger charge is -2.15. The van der Waals surface area contributed by atoms with E-state index >= 15 is 0 Å². The van der Waals surface area contributed by atoms with Gasteiger partial charge in [-0.2, -0.15) is 0 Å². The molecule has 7 heteroatoms. The fourth-order valence-corrected chi connectivity index (χ4v) is 3.37. The third kappa shape index (κ3) is 3.19. The van der Waals surface area contributed by atoms with Gasteiger partial charge in [-0.15, -0.1) is 0 Å². The van der Waals surface area contributed by atoms with Crippen LogP contribution in [-0.4, -0.2) is 26.7 Å². The molecule has 0 saturated heterocycles. The summed E-state index contributed by atoms with van der Waals surface area (Å²) in [5, 5.41) is 0.334. The summed E-state index contributed by atoms with van der Waals surface area (Å²) in [6.45, 7) is 1.29. The summed E-state index contributed by atoms with van der Waals surface area (Å²) in [4.78, 5) is 11.4. The number of methoxy groups -OCH3 is 1. The second-order valence-electron chi connectivity index (χ2n) is 4.45. The van der Waals surface area contributed by atoms with Crippen LogP contribution in [0, 0.1) is 0 Å². The normalized spacial score (nSPS) is 12.9. The quantitative estimate of drug-likeness (QED) is 0.838. The molecule has 0 aliphatic rings. The number of rotatable bonds is 4. The number of halogens is 1. The third-order valence-electron chi connectivity index (χ3n) is 3.12. The molecule has 5 nitrogen and oxygen atoms in total. The molecule has 0 saturated carbocycles. The smallest absolute Gasteiger partial charge is 0.325 e. The Bertz CT molecular complexity index is 789. The first kappa shape index (κ1) is 15.8. The molecule has 2 rings (SSSR count). The van der Waals surface area contributed by atoms with Crippen LogP contribution in [0.1, 0.15) is 6.92 Å². The van der Waals surface area contributed by atoms with Crippen LogP contribution in [0.15, 0.2) is 40.9 Å². The van der Waals surface area contributed by atoms with Crippen molar-refractivity contribution in [2.24, 2.45) is 0 Å². The zero-order chi connectivity index (χ0) is 15.6. The van der Waals surface area contributed by atoms with Gasteiger partial charge in [-0.1, -0.05) is 40.2 Å². The Balaban J connectivity index is 2.45. The number of nitrogens with one attached hydrogen (secondary N) is 1. The summed E-state index contributed by atoms with van der Waals surface area (Å²) in [7, 11) is -2.71. The molecule has 0 spiro atoms. The molecule has 0 amide bonds. The number of hydrogen-bond acceptors (Lipinski definition) is 4. The highest BCUT2D eigenvalue weighted by atomic mass is 79.9. The summed E-state index contributed by atoms with van der Waals surface area (Å²) < 4.78 is 32.2. The molecule has 1 atom stereocenters. The number of carbonyl (C=O) groups is 1. The Hall–Kier alpha value is -1.60. The van der Waals surface area contributed by atoms with Crippen molar-refractivity contribution in [3.05, 3.63) is 40.9 Å². The van der Waals surface area contributed by atoms with Gasteiger partial charge in [0, 0.05) is 9.86 Å². The second kappa shape index (κ2) is 6.03. The van der Waals surface area contributed by atoms with E-state index in [1.165, 1.54) is 6.92 Å². The predicted octanol–water partition coefficient (Wildman–Crippen LogP) is 2.91. The van der Waals surface area contributed by atoms with Gasteiger partial charge >= 0.3 is 5.97 Å². The maximum Gasteiger partial charge on any atom is 0.325 e. The molecular formula is C14H14BrNO4S. The lowest BCUT2D eigenvalue weighted by molar-refractivity contribution is -0.139. The minimum atomic E-state index is -3.87. The SMILES string of the molecule is COC(=O)C(C)S(=O)(=O)Nc1ccc(Br)c2ccccc12. The lowest BCUT2D eigenvalue weighted by Crippen LogP contribution is -2.33. The van der Waals surface area contributed by atoms with E-state index in [0.717, 1.165) is 22.4 Å². The van der Waals surface area contributed by atoms with Crippen LogP contribution >= 0.6 is 15.9 Å². The molecule has 21 heavy (non-hydrogen) atoms.